The van der Waals surface area contributed by atoms with Crippen LogP contribution in [0.4, 0.5) is 0 Å². The molecule has 3 aliphatic rings. The lowest BCUT2D eigenvalue weighted by Gasteiger charge is -2.32. The summed E-state index contributed by atoms with van der Waals surface area (Å²) in [4.78, 5) is 40.7. The van der Waals surface area contributed by atoms with Crippen LogP contribution in [0.3, 0.4) is 0 Å². The number of benzene rings is 2. The van der Waals surface area contributed by atoms with Gasteiger partial charge >= 0.3 is 0 Å². The smallest absolute Gasteiger partial charge is 0.255 e. The van der Waals surface area contributed by atoms with E-state index in [2.05, 4.69) is 22.3 Å². The van der Waals surface area contributed by atoms with Gasteiger partial charge in [-0.3, -0.25) is 19.7 Å². The lowest BCUT2D eigenvalue weighted by atomic mass is 9.88. The molecule has 0 spiro atoms. The molecule has 0 aliphatic carbocycles. The molecule has 3 amide bonds. The molecule has 0 saturated carbocycles. The highest BCUT2D eigenvalue weighted by molar-refractivity contribution is 6.05. The second kappa shape index (κ2) is 8.98. The Bertz CT molecular complexity index is 1090. The quantitative estimate of drug-likeness (QED) is 0.688. The SMILES string of the molecule is O=C1CC[C@@H](N2Cc3cc(C4CCN(CCc5ccccc5O)CC4)ccc3C2=O)C(=O)N1. The number of hydrogen-bond acceptors (Lipinski definition) is 5. The second-order valence-electron chi connectivity index (χ2n) is 9.31. The van der Waals surface area contributed by atoms with Crippen molar-refractivity contribution >= 4 is 17.7 Å². The normalized spacial score (nSPS) is 21.9. The number of imide groups is 1. The molecule has 7 nitrogen and oxygen atoms in total. The molecule has 0 aromatic heterocycles. The number of likely N-dealkylation sites (tertiary alicyclic amines) is 1. The fraction of sp³-hybridized carbons (Fsp3) is 0.423. The Hall–Kier alpha value is -3.19. The summed E-state index contributed by atoms with van der Waals surface area (Å²) in [6.45, 7) is 3.38. The summed E-state index contributed by atoms with van der Waals surface area (Å²) >= 11 is 0. The first-order chi connectivity index (χ1) is 16.0. The molecule has 2 fully saturated rings. The number of para-hydroxylation sites is 1. The van der Waals surface area contributed by atoms with Crippen molar-refractivity contribution in [2.45, 2.75) is 50.6 Å². The number of hydrogen-bond donors (Lipinski definition) is 2. The molecule has 3 aliphatic heterocycles. The predicted molar refractivity (Wildman–Crippen MR) is 123 cm³/mol. The summed E-state index contributed by atoms with van der Waals surface area (Å²) < 4.78 is 0. The van der Waals surface area contributed by atoms with E-state index in [1.165, 1.54) is 5.56 Å². The van der Waals surface area contributed by atoms with E-state index >= 15 is 0 Å². The van der Waals surface area contributed by atoms with Crippen LogP contribution in [-0.2, 0) is 22.6 Å². The van der Waals surface area contributed by atoms with Crippen molar-refractivity contribution in [3.8, 4) is 5.75 Å². The lowest BCUT2D eigenvalue weighted by Crippen LogP contribution is -2.52. The van der Waals surface area contributed by atoms with Gasteiger partial charge in [-0.05, 0) is 73.5 Å². The molecule has 7 heteroatoms. The van der Waals surface area contributed by atoms with Crippen molar-refractivity contribution in [2.24, 2.45) is 0 Å². The van der Waals surface area contributed by atoms with Gasteiger partial charge in [0.2, 0.25) is 11.8 Å². The molecule has 2 saturated heterocycles. The van der Waals surface area contributed by atoms with Crippen molar-refractivity contribution < 1.29 is 19.5 Å². The fourth-order valence-corrected chi connectivity index (χ4v) is 5.34. The van der Waals surface area contributed by atoms with Crippen LogP contribution in [-0.4, -0.2) is 58.3 Å². The van der Waals surface area contributed by atoms with Crippen LogP contribution >= 0.6 is 0 Å². The summed E-state index contributed by atoms with van der Waals surface area (Å²) in [6, 6.07) is 13.1. The minimum Gasteiger partial charge on any atom is -0.508 e. The van der Waals surface area contributed by atoms with E-state index < -0.39 is 6.04 Å². The third kappa shape index (κ3) is 4.37. The first kappa shape index (κ1) is 21.6. The molecule has 33 heavy (non-hydrogen) atoms. The maximum atomic E-state index is 12.9. The Morgan fingerprint density at radius 2 is 1.79 bits per heavy atom. The minimum atomic E-state index is -0.571. The van der Waals surface area contributed by atoms with Crippen LogP contribution in [0.25, 0.3) is 0 Å². The fourth-order valence-electron chi connectivity index (χ4n) is 5.34. The van der Waals surface area contributed by atoms with Gasteiger partial charge in [0, 0.05) is 25.1 Å². The molecular formula is C26H29N3O4. The summed E-state index contributed by atoms with van der Waals surface area (Å²) in [6.07, 6.45) is 3.61. The average Bonchev–Trinajstić information content (AvgIpc) is 3.14. The minimum absolute atomic E-state index is 0.120. The number of phenols is 1. The van der Waals surface area contributed by atoms with Crippen LogP contribution in [0.5, 0.6) is 5.75 Å². The number of phenolic OH excluding ortho intramolecular Hbond substituents is 1. The molecule has 1 atom stereocenters. The number of carbonyl (C=O) groups is 3. The van der Waals surface area contributed by atoms with Crippen LogP contribution in [0.1, 0.15) is 58.6 Å². The number of fused-ring (bicyclic) bond motifs is 1. The van der Waals surface area contributed by atoms with E-state index in [0.717, 1.165) is 50.0 Å². The topological polar surface area (TPSA) is 90.0 Å². The monoisotopic (exact) mass is 447 g/mol. The Balaban J connectivity index is 1.19. The van der Waals surface area contributed by atoms with E-state index in [0.29, 0.717) is 30.2 Å². The maximum Gasteiger partial charge on any atom is 0.255 e. The lowest BCUT2D eigenvalue weighted by molar-refractivity contribution is -0.136. The van der Waals surface area contributed by atoms with Gasteiger partial charge in [0.15, 0.2) is 0 Å². The second-order valence-corrected chi connectivity index (χ2v) is 9.31. The van der Waals surface area contributed by atoms with Gasteiger partial charge in [0.25, 0.3) is 5.91 Å². The van der Waals surface area contributed by atoms with E-state index in [-0.39, 0.29) is 24.1 Å². The predicted octanol–water partition coefficient (Wildman–Crippen LogP) is 2.58. The van der Waals surface area contributed by atoms with Crippen molar-refractivity contribution in [2.75, 3.05) is 19.6 Å². The standard InChI is InChI=1S/C26H29N3O4/c30-23-4-2-1-3-18(23)11-14-28-12-9-17(10-13-28)19-5-6-21-20(15-19)16-29(26(21)33)22-7-8-24(31)27-25(22)32/h1-6,15,17,22,30H,7-14,16H2,(H,27,31,32)/t22-/m1/s1. The summed E-state index contributed by atoms with van der Waals surface area (Å²) in [5.74, 6) is 0.0614. The number of nitrogens with one attached hydrogen (secondary N) is 1. The number of aromatic hydroxyl groups is 1. The highest BCUT2D eigenvalue weighted by atomic mass is 16.3. The number of carbonyl (C=O) groups excluding carboxylic acids is 3. The van der Waals surface area contributed by atoms with Crippen LogP contribution < -0.4 is 5.32 Å². The Morgan fingerprint density at radius 3 is 2.55 bits per heavy atom. The molecule has 2 N–H and O–H groups in total. The number of amides is 3. The van der Waals surface area contributed by atoms with Gasteiger partial charge in [0.05, 0.1) is 0 Å². The first-order valence-electron chi connectivity index (χ1n) is 11.8. The Morgan fingerprint density at radius 1 is 1.00 bits per heavy atom. The van der Waals surface area contributed by atoms with Crippen LogP contribution in [0, 0.1) is 0 Å². The van der Waals surface area contributed by atoms with Gasteiger partial charge in [0.1, 0.15) is 11.8 Å². The van der Waals surface area contributed by atoms with Gasteiger partial charge in [-0.15, -0.1) is 0 Å². The maximum absolute atomic E-state index is 12.9. The molecule has 0 radical (unpaired) electrons. The number of nitrogens with zero attached hydrogens (tertiary/aromatic N) is 2. The van der Waals surface area contributed by atoms with Crippen molar-refractivity contribution in [3.63, 3.8) is 0 Å². The van der Waals surface area contributed by atoms with Crippen molar-refractivity contribution in [1.82, 2.24) is 15.1 Å². The number of piperidine rings is 2. The van der Waals surface area contributed by atoms with E-state index in [1.807, 2.05) is 24.3 Å². The van der Waals surface area contributed by atoms with Gasteiger partial charge in [-0.25, -0.2) is 0 Å². The summed E-state index contributed by atoms with van der Waals surface area (Å²) in [7, 11) is 0. The third-order valence-electron chi connectivity index (χ3n) is 7.30. The zero-order valence-corrected chi connectivity index (χ0v) is 18.6. The van der Waals surface area contributed by atoms with Gasteiger partial charge in [-0.1, -0.05) is 30.3 Å². The largest absolute Gasteiger partial charge is 0.508 e. The highest BCUT2D eigenvalue weighted by Gasteiger charge is 2.39. The van der Waals surface area contributed by atoms with Crippen molar-refractivity contribution in [3.05, 3.63) is 64.7 Å². The number of rotatable bonds is 5. The van der Waals surface area contributed by atoms with Gasteiger partial charge in [-0.2, -0.15) is 0 Å². The molecule has 5 rings (SSSR count). The van der Waals surface area contributed by atoms with Gasteiger partial charge < -0.3 is 14.9 Å². The zero-order valence-electron chi connectivity index (χ0n) is 18.6. The van der Waals surface area contributed by atoms with Crippen LogP contribution in [0.15, 0.2) is 42.5 Å². The van der Waals surface area contributed by atoms with E-state index in [4.69, 9.17) is 0 Å². The molecule has 0 unspecified atom stereocenters. The highest BCUT2D eigenvalue weighted by Crippen LogP contribution is 2.33. The summed E-state index contributed by atoms with van der Waals surface area (Å²) in [5.41, 5.74) is 3.89. The molecule has 2 aromatic carbocycles. The molecule has 172 valence electrons. The molecular weight excluding hydrogens is 418 g/mol. The summed E-state index contributed by atoms with van der Waals surface area (Å²) in [5, 5.41) is 12.3. The Labute approximate surface area is 193 Å². The van der Waals surface area contributed by atoms with Crippen LogP contribution in [0.2, 0.25) is 0 Å². The zero-order chi connectivity index (χ0) is 22.9. The van der Waals surface area contributed by atoms with E-state index in [9.17, 15) is 19.5 Å². The molecule has 3 heterocycles. The molecule has 0 bridgehead atoms. The third-order valence-corrected chi connectivity index (χ3v) is 7.30. The van der Waals surface area contributed by atoms with Crippen molar-refractivity contribution in [1.29, 1.82) is 0 Å². The average molecular weight is 448 g/mol. The first-order valence-corrected chi connectivity index (χ1v) is 11.8. The Kier molecular flexibility index (Phi) is 5.89. The molecule has 2 aromatic rings. The van der Waals surface area contributed by atoms with E-state index in [1.54, 1.807) is 11.0 Å².